The van der Waals surface area contributed by atoms with Gasteiger partial charge in [0.25, 0.3) is 0 Å². The second-order valence-electron chi connectivity index (χ2n) is 3.81. The molecule has 0 bridgehead atoms. The Morgan fingerprint density at radius 1 is 1.37 bits per heavy atom. The first kappa shape index (κ1) is 14.9. The van der Waals surface area contributed by atoms with Gasteiger partial charge < -0.3 is 16.6 Å². The third-order valence-electron chi connectivity index (χ3n) is 2.28. The van der Waals surface area contributed by atoms with Gasteiger partial charge in [-0.1, -0.05) is 0 Å². The smallest absolute Gasteiger partial charge is 0.337 e. The van der Waals surface area contributed by atoms with E-state index in [4.69, 9.17) is 16.6 Å². The minimum absolute atomic E-state index is 0.110. The molecule has 19 heavy (non-hydrogen) atoms. The highest BCUT2D eigenvalue weighted by Gasteiger charge is 2.25. The maximum Gasteiger partial charge on any atom is 0.337 e. The third kappa shape index (κ3) is 3.42. The van der Waals surface area contributed by atoms with Crippen LogP contribution in [0.5, 0.6) is 0 Å². The SMILES string of the molecule is CC(NS(=O)(=O)c1ccc(N)cc1C(=O)O)C(N)=O. The molecule has 0 aliphatic carbocycles. The van der Waals surface area contributed by atoms with Crippen molar-refractivity contribution in [2.45, 2.75) is 17.9 Å². The lowest BCUT2D eigenvalue weighted by atomic mass is 10.2. The van der Waals surface area contributed by atoms with Gasteiger partial charge in [-0.25, -0.2) is 13.2 Å². The van der Waals surface area contributed by atoms with Gasteiger partial charge in [-0.2, -0.15) is 4.72 Å². The summed E-state index contributed by atoms with van der Waals surface area (Å²) in [7, 11) is -4.18. The summed E-state index contributed by atoms with van der Waals surface area (Å²) in [5.74, 6) is -2.32. The summed E-state index contributed by atoms with van der Waals surface area (Å²) in [6.07, 6.45) is 0. The summed E-state index contributed by atoms with van der Waals surface area (Å²) in [5.41, 5.74) is 9.97. The van der Waals surface area contributed by atoms with E-state index in [0.29, 0.717) is 0 Å². The summed E-state index contributed by atoms with van der Waals surface area (Å²) in [4.78, 5) is 21.4. The Kier molecular flexibility index (Phi) is 4.12. The predicted octanol–water partition coefficient (Wildman–Crippen LogP) is -0.881. The van der Waals surface area contributed by atoms with E-state index in [-0.39, 0.29) is 5.69 Å². The van der Waals surface area contributed by atoms with Crippen LogP contribution < -0.4 is 16.2 Å². The number of nitrogen functional groups attached to an aromatic ring is 1. The standard InChI is InChI=1S/C10H13N3O5S/c1-5(9(12)14)13-19(17,18)8-3-2-6(11)4-7(8)10(15)16/h2-5,13H,11H2,1H3,(H2,12,14)(H,15,16). The predicted molar refractivity (Wildman–Crippen MR) is 66.8 cm³/mol. The highest BCUT2D eigenvalue weighted by atomic mass is 32.2. The van der Waals surface area contributed by atoms with Crippen molar-refractivity contribution in [2.75, 3.05) is 5.73 Å². The fourth-order valence-electron chi connectivity index (χ4n) is 1.30. The van der Waals surface area contributed by atoms with Crippen molar-refractivity contribution in [2.24, 2.45) is 5.73 Å². The molecule has 0 saturated heterocycles. The maximum absolute atomic E-state index is 12.0. The first-order chi connectivity index (χ1) is 8.65. The monoisotopic (exact) mass is 287 g/mol. The number of anilines is 1. The molecule has 0 aromatic heterocycles. The van der Waals surface area contributed by atoms with E-state index < -0.39 is 38.4 Å². The third-order valence-corrected chi connectivity index (χ3v) is 3.88. The van der Waals surface area contributed by atoms with E-state index in [1.54, 1.807) is 0 Å². The highest BCUT2D eigenvalue weighted by Crippen LogP contribution is 2.19. The molecule has 0 saturated carbocycles. The topological polar surface area (TPSA) is 153 Å². The van der Waals surface area contributed by atoms with Crippen molar-refractivity contribution >= 4 is 27.6 Å². The van der Waals surface area contributed by atoms with Crippen molar-refractivity contribution in [3.63, 3.8) is 0 Å². The molecular formula is C10H13N3O5S. The lowest BCUT2D eigenvalue weighted by Gasteiger charge is -2.13. The van der Waals surface area contributed by atoms with Crippen LogP contribution in [-0.4, -0.2) is 31.4 Å². The Morgan fingerprint density at radius 2 is 1.95 bits per heavy atom. The van der Waals surface area contributed by atoms with Gasteiger partial charge in [0.15, 0.2) is 0 Å². The number of carboxylic acid groups (broad SMARTS) is 1. The molecule has 1 unspecified atom stereocenters. The fraction of sp³-hybridized carbons (Fsp3) is 0.200. The number of hydrogen-bond donors (Lipinski definition) is 4. The van der Waals surface area contributed by atoms with Crippen molar-refractivity contribution in [3.8, 4) is 0 Å². The van der Waals surface area contributed by atoms with Gasteiger partial charge >= 0.3 is 5.97 Å². The molecule has 0 spiro atoms. The van der Waals surface area contributed by atoms with Gasteiger partial charge in [0.1, 0.15) is 0 Å². The number of carbonyl (C=O) groups excluding carboxylic acids is 1. The number of benzene rings is 1. The van der Waals surface area contributed by atoms with E-state index in [0.717, 1.165) is 12.1 Å². The Balaban J connectivity index is 3.29. The minimum Gasteiger partial charge on any atom is -0.478 e. The summed E-state index contributed by atoms with van der Waals surface area (Å²) in [6, 6.07) is 2.15. The van der Waals surface area contributed by atoms with E-state index >= 15 is 0 Å². The maximum atomic E-state index is 12.0. The van der Waals surface area contributed by atoms with Gasteiger partial charge in [0, 0.05) is 5.69 Å². The lowest BCUT2D eigenvalue weighted by Crippen LogP contribution is -2.42. The van der Waals surface area contributed by atoms with Crippen LogP contribution in [0, 0.1) is 0 Å². The van der Waals surface area contributed by atoms with Crippen molar-refractivity contribution < 1.29 is 23.1 Å². The van der Waals surface area contributed by atoms with E-state index in [9.17, 15) is 18.0 Å². The number of hydrogen-bond acceptors (Lipinski definition) is 5. The van der Waals surface area contributed by atoms with Crippen LogP contribution in [0.15, 0.2) is 23.1 Å². The second kappa shape index (κ2) is 5.24. The molecule has 9 heteroatoms. The summed E-state index contributed by atoms with van der Waals surface area (Å²) in [6.45, 7) is 1.25. The molecule has 6 N–H and O–H groups in total. The molecule has 1 rings (SSSR count). The zero-order valence-corrected chi connectivity index (χ0v) is 10.8. The number of nitrogens with one attached hydrogen (secondary N) is 1. The Bertz CT molecular complexity index is 626. The zero-order valence-electron chi connectivity index (χ0n) is 9.95. The molecule has 1 atom stereocenters. The first-order valence-electron chi connectivity index (χ1n) is 5.09. The first-order valence-corrected chi connectivity index (χ1v) is 6.58. The zero-order chi connectivity index (χ0) is 14.8. The van der Waals surface area contributed by atoms with Crippen LogP contribution in [-0.2, 0) is 14.8 Å². The lowest BCUT2D eigenvalue weighted by molar-refractivity contribution is -0.119. The highest BCUT2D eigenvalue weighted by molar-refractivity contribution is 7.89. The van der Waals surface area contributed by atoms with E-state index in [2.05, 4.69) is 0 Å². The van der Waals surface area contributed by atoms with Crippen LogP contribution in [0.2, 0.25) is 0 Å². The van der Waals surface area contributed by atoms with Gasteiger partial charge in [0.05, 0.1) is 16.5 Å². The number of amides is 1. The number of rotatable bonds is 5. The number of nitrogens with two attached hydrogens (primary N) is 2. The Morgan fingerprint density at radius 3 is 2.42 bits per heavy atom. The van der Waals surface area contributed by atoms with Crippen molar-refractivity contribution in [3.05, 3.63) is 23.8 Å². The molecule has 1 aromatic rings. The largest absolute Gasteiger partial charge is 0.478 e. The summed E-state index contributed by atoms with van der Waals surface area (Å²) in [5, 5.41) is 8.96. The van der Waals surface area contributed by atoms with Crippen LogP contribution in [0.3, 0.4) is 0 Å². The van der Waals surface area contributed by atoms with Gasteiger partial charge in [-0.15, -0.1) is 0 Å². The van der Waals surface area contributed by atoms with Crippen molar-refractivity contribution in [1.29, 1.82) is 0 Å². The second-order valence-corrected chi connectivity index (χ2v) is 5.49. The van der Waals surface area contributed by atoms with Gasteiger partial charge in [-0.05, 0) is 25.1 Å². The van der Waals surface area contributed by atoms with Crippen LogP contribution in [0.4, 0.5) is 5.69 Å². The fourth-order valence-corrected chi connectivity index (χ4v) is 2.69. The van der Waals surface area contributed by atoms with Crippen molar-refractivity contribution in [1.82, 2.24) is 4.72 Å². The van der Waals surface area contributed by atoms with Gasteiger partial charge in [-0.3, -0.25) is 4.79 Å². The van der Waals surface area contributed by atoms with Crippen LogP contribution in [0.1, 0.15) is 17.3 Å². The molecule has 104 valence electrons. The molecule has 1 amide bonds. The average molecular weight is 287 g/mol. The van der Waals surface area contributed by atoms with E-state index in [1.165, 1.54) is 13.0 Å². The molecule has 8 nitrogen and oxygen atoms in total. The quantitative estimate of drug-likeness (QED) is 0.516. The summed E-state index contributed by atoms with van der Waals surface area (Å²) < 4.78 is 25.9. The van der Waals surface area contributed by atoms with Crippen LogP contribution >= 0.6 is 0 Å². The number of primary amides is 1. The number of carbonyl (C=O) groups is 2. The molecule has 0 heterocycles. The molecular weight excluding hydrogens is 274 g/mol. The molecule has 0 radical (unpaired) electrons. The number of sulfonamides is 1. The van der Waals surface area contributed by atoms with Crippen LogP contribution in [0.25, 0.3) is 0 Å². The minimum atomic E-state index is -4.18. The molecule has 0 aliphatic heterocycles. The normalized spacial score (nSPS) is 12.9. The molecule has 0 fully saturated rings. The summed E-state index contributed by atoms with van der Waals surface area (Å²) >= 11 is 0. The molecule has 0 aliphatic rings. The average Bonchev–Trinajstić information content (AvgIpc) is 2.27. The number of carboxylic acids is 1. The Hall–Kier alpha value is -2.13. The van der Waals surface area contributed by atoms with Gasteiger partial charge in [0.2, 0.25) is 15.9 Å². The van der Waals surface area contributed by atoms with E-state index in [1.807, 2.05) is 4.72 Å². The Labute approximate surface area is 109 Å². The number of aromatic carboxylic acids is 1. The molecule has 1 aromatic carbocycles.